The van der Waals surface area contributed by atoms with E-state index in [1.54, 1.807) is 53.8 Å². The molecule has 55 heavy (non-hydrogen) atoms. The fraction of sp³-hybridized carbons (Fsp3) is 0.205. The molecule has 0 aliphatic carbocycles. The van der Waals surface area contributed by atoms with Crippen molar-refractivity contribution < 1.29 is 13.6 Å². The van der Waals surface area contributed by atoms with Gasteiger partial charge in [-0.3, -0.25) is 9.80 Å². The topological polar surface area (TPSA) is 134 Å². The Bertz CT molecular complexity index is 2560. The summed E-state index contributed by atoms with van der Waals surface area (Å²) in [6, 6.07) is 22.0. The number of primary amides is 1. The van der Waals surface area contributed by atoms with Crippen molar-refractivity contribution >= 4 is 84.0 Å². The predicted molar refractivity (Wildman–Crippen MR) is 217 cm³/mol. The van der Waals surface area contributed by atoms with Gasteiger partial charge in [0.25, 0.3) is 5.91 Å². The number of nitrogen functional groups attached to an aromatic ring is 1. The molecule has 0 saturated carbocycles. The molecule has 0 bridgehead atoms. The summed E-state index contributed by atoms with van der Waals surface area (Å²) >= 11 is 9.61. The van der Waals surface area contributed by atoms with E-state index >= 15 is 0 Å². The Kier molecular flexibility index (Phi) is 9.16. The van der Waals surface area contributed by atoms with E-state index in [9.17, 15) is 13.6 Å². The number of aromatic nitrogens is 4. The van der Waals surface area contributed by atoms with Crippen molar-refractivity contribution in [1.82, 2.24) is 24.9 Å². The van der Waals surface area contributed by atoms with Gasteiger partial charge in [0.2, 0.25) is 11.9 Å². The lowest BCUT2D eigenvalue weighted by molar-refractivity contribution is 0.0999. The molecule has 0 spiro atoms. The van der Waals surface area contributed by atoms with E-state index < -0.39 is 5.91 Å². The first kappa shape index (κ1) is 35.2. The summed E-state index contributed by atoms with van der Waals surface area (Å²) in [4.78, 5) is 39.6. The lowest BCUT2D eigenvalue weighted by atomic mass is 10.1. The third-order valence-corrected chi connectivity index (χ3v) is 12.4. The first-order valence-electron chi connectivity index (χ1n) is 17.7. The summed E-state index contributed by atoms with van der Waals surface area (Å²) in [5, 5.41) is 6.72. The van der Waals surface area contributed by atoms with E-state index in [0.29, 0.717) is 61.5 Å². The molecule has 6 heterocycles. The summed E-state index contributed by atoms with van der Waals surface area (Å²) in [6.45, 7) is 3.74. The molecule has 7 aromatic rings. The second-order valence-corrected chi connectivity index (χ2v) is 16.0. The monoisotopic (exact) mass is 794 g/mol. The van der Waals surface area contributed by atoms with E-state index in [1.807, 2.05) is 18.3 Å². The molecule has 9 rings (SSSR count). The van der Waals surface area contributed by atoms with Crippen LogP contribution in [0.25, 0.3) is 41.3 Å². The van der Waals surface area contributed by atoms with Crippen molar-refractivity contribution in [2.24, 2.45) is 5.73 Å². The number of nitrogens with two attached hydrogens (primary N) is 2. The Morgan fingerprint density at radius 3 is 2.16 bits per heavy atom. The molecule has 0 unspecified atom stereocenters. The molecule has 11 nitrogen and oxygen atoms in total. The highest BCUT2D eigenvalue weighted by molar-refractivity contribution is 7.22. The van der Waals surface area contributed by atoms with Crippen molar-refractivity contribution in [2.75, 3.05) is 59.8 Å². The van der Waals surface area contributed by atoms with Gasteiger partial charge in [0.1, 0.15) is 27.1 Å². The zero-order valence-corrected chi connectivity index (χ0v) is 31.6. The number of rotatable bonds is 8. The minimum absolute atomic E-state index is 0.0758. The second kappa shape index (κ2) is 14.3. The van der Waals surface area contributed by atoms with Crippen LogP contribution in [0.5, 0.6) is 0 Å². The number of amides is 1. The molecule has 2 aliphatic rings. The standard InChI is InChI=1S/C39H33ClF2N10OS2/c40-25-5-10-29(34(43)53)31(18-25)52(28-11-12-50(21-28)35-30-19-33(23-3-8-27(42)9-4-23)55-37(30)47-38(44)46-35)51-15-13-49(14-16-51)39-45-20-24-17-32(54-36(24)48-39)22-1-6-26(41)7-2-22/h1-10,17-20,28H,11-16,21H2,(H2,43,53)(H2,44,46,47)/t28-/m1/s1. The molecular formula is C39H33ClF2N10OS2. The molecule has 278 valence electrons. The van der Waals surface area contributed by atoms with E-state index in [0.717, 1.165) is 53.6 Å². The molecule has 4 aromatic heterocycles. The zero-order valence-electron chi connectivity index (χ0n) is 29.2. The summed E-state index contributed by atoms with van der Waals surface area (Å²) < 4.78 is 27.2. The van der Waals surface area contributed by atoms with Crippen LogP contribution in [0.1, 0.15) is 16.8 Å². The van der Waals surface area contributed by atoms with Crippen LogP contribution in [-0.4, -0.2) is 76.2 Å². The highest BCUT2D eigenvalue weighted by atomic mass is 35.5. The summed E-state index contributed by atoms with van der Waals surface area (Å²) in [5.41, 5.74) is 15.0. The number of nitrogens with zero attached hydrogens (tertiary/aromatic N) is 8. The van der Waals surface area contributed by atoms with Crippen LogP contribution in [0.15, 0.2) is 85.1 Å². The van der Waals surface area contributed by atoms with Gasteiger partial charge in [-0.1, -0.05) is 35.9 Å². The van der Waals surface area contributed by atoms with Gasteiger partial charge in [0.15, 0.2) is 0 Å². The largest absolute Gasteiger partial charge is 0.368 e. The fourth-order valence-corrected chi connectivity index (χ4v) is 9.59. The number of hydrogen-bond acceptors (Lipinski definition) is 12. The molecule has 16 heteroatoms. The SMILES string of the molecule is NC(=O)c1ccc(Cl)cc1N([C@@H]1CCN(c2nc(N)nc3sc(-c4ccc(F)cc4)cc23)C1)N1CCN(c2ncc3cc(-c4ccc(F)cc4)sc3n2)CC1. The van der Waals surface area contributed by atoms with Crippen LogP contribution in [0.4, 0.5) is 32.2 Å². The Labute approximate surface area is 327 Å². The maximum Gasteiger partial charge on any atom is 0.250 e. The van der Waals surface area contributed by atoms with Crippen molar-refractivity contribution in [3.05, 3.63) is 107 Å². The summed E-state index contributed by atoms with van der Waals surface area (Å²) in [7, 11) is 0. The van der Waals surface area contributed by atoms with Gasteiger partial charge in [-0.2, -0.15) is 4.98 Å². The molecule has 3 aromatic carbocycles. The summed E-state index contributed by atoms with van der Waals surface area (Å²) in [6.07, 6.45) is 2.59. The van der Waals surface area contributed by atoms with Crippen molar-refractivity contribution in [3.63, 3.8) is 0 Å². The van der Waals surface area contributed by atoms with Crippen LogP contribution in [-0.2, 0) is 0 Å². The lowest BCUT2D eigenvalue weighted by Crippen LogP contribution is -2.58. The number of hydrogen-bond donors (Lipinski definition) is 2. The predicted octanol–water partition coefficient (Wildman–Crippen LogP) is 7.47. The van der Waals surface area contributed by atoms with E-state index in [2.05, 4.69) is 24.8 Å². The van der Waals surface area contributed by atoms with Crippen LogP contribution in [0, 0.1) is 11.6 Å². The number of carbonyl (C=O) groups is 1. The Morgan fingerprint density at radius 1 is 0.800 bits per heavy atom. The Hall–Kier alpha value is -5.48. The number of piperazine rings is 1. The van der Waals surface area contributed by atoms with Gasteiger partial charge < -0.3 is 21.3 Å². The molecular weight excluding hydrogens is 762 g/mol. The van der Waals surface area contributed by atoms with E-state index in [1.165, 1.54) is 35.6 Å². The van der Waals surface area contributed by atoms with Crippen LogP contribution < -0.4 is 26.3 Å². The Balaban J connectivity index is 0.990. The zero-order chi connectivity index (χ0) is 37.8. The van der Waals surface area contributed by atoms with Crippen molar-refractivity contribution in [2.45, 2.75) is 12.5 Å². The van der Waals surface area contributed by atoms with Crippen LogP contribution in [0.2, 0.25) is 5.02 Å². The van der Waals surface area contributed by atoms with Crippen molar-refractivity contribution in [3.8, 4) is 20.9 Å². The average Bonchev–Trinajstić information content (AvgIpc) is 3.94. The van der Waals surface area contributed by atoms with E-state index in [-0.39, 0.29) is 23.6 Å². The minimum Gasteiger partial charge on any atom is -0.368 e. The molecule has 0 radical (unpaired) electrons. The highest BCUT2D eigenvalue weighted by Gasteiger charge is 2.36. The normalized spacial score (nSPS) is 16.4. The van der Waals surface area contributed by atoms with Gasteiger partial charge >= 0.3 is 0 Å². The van der Waals surface area contributed by atoms with Crippen LogP contribution in [0.3, 0.4) is 0 Å². The number of fused-ring (bicyclic) bond motifs is 2. The molecule has 4 N–H and O–H groups in total. The maximum atomic E-state index is 13.7. The van der Waals surface area contributed by atoms with E-state index in [4.69, 9.17) is 38.0 Å². The van der Waals surface area contributed by atoms with Gasteiger partial charge in [0.05, 0.1) is 22.7 Å². The fourth-order valence-electron chi connectivity index (χ4n) is 7.38. The number of anilines is 4. The first-order valence-corrected chi connectivity index (χ1v) is 19.7. The lowest BCUT2D eigenvalue weighted by Gasteiger charge is -2.45. The number of halogens is 3. The molecule has 2 aliphatic heterocycles. The van der Waals surface area contributed by atoms with Crippen molar-refractivity contribution in [1.29, 1.82) is 0 Å². The second-order valence-electron chi connectivity index (χ2n) is 13.5. The highest BCUT2D eigenvalue weighted by Crippen LogP contribution is 2.40. The number of hydrazine groups is 1. The van der Waals surface area contributed by atoms with Gasteiger partial charge in [-0.25, -0.2) is 28.7 Å². The summed E-state index contributed by atoms with van der Waals surface area (Å²) in [5.74, 6) is 0.426. The van der Waals surface area contributed by atoms with Crippen LogP contribution >= 0.6 is 34.3 Å². The van der Waals surface area contributed by atoms with Gasteiger partial charge in [-0.05, 0) is 72.1 Å². The number of thiophene rings is 2. The number of carbonyl (C=O) groups excluding carboxylic acids is 1. The average molecular weight is 795 g/mol. The van der Waals surface area contributed by atoms with Gasteiger partial charge in [-0.15, -0.1) is 22.7 Å². The number of benzene rings is 3. The molecule has 2 fully saturated rings. The quantitative estimate of drug-likeness (QED) is 0.160. The molecule has 2 saturated heterocycles. The smallest absolute Gasteiger partial charge is 0.250 e. The molecule has 1 atom stereocenters. The minimum atomic E-state index is -0.542. The third kappa shape index (κ3) is 6.88. The maximum absolute atomic E-state index is 13.7. The first-order chi connectivity index (χ1) is 26.7. The third-order valence-electron chi connectivity index (χ3n) is 10.0. The molecule has 1 amide bonds. The Morgan fingerprint density at radius 2 is 1.47 bits per heavy atom. The van der Waals surface area contributed by atoms with Gasteiger partial charge in [0, 0.05) is 65.6 Å².